The second-order valence-corrected chi connectivity index (χ2v) is 11.2. The first-order chi connectivity index (χ1) is 15.2. The van der Waals surface area contributed by atoms with E-state index in [1.165, 1.54) is 36.9 Å². The van der Waals surface area contributed by atoms with E-state index in [-0.39, 0.29) is 22.6 Å². The van der Waals surface area contributed by atoms with Gasteiger partial charge in [-0.15, -0.1) is 0 Å². The number of amides is 2. The topological polar surface area (TPSA) is 75.2 Å². The zero-order valence-corrected chi connectivity index (χ0v) is 19.9. The summed E-state index contributed by atoms with van der Waals surface area (Å²) in [5.74, 6) is 3.31. The average molecular weight is 437 g/mol. The second-order valence-electron chi connectivity index (χ2n) is 11.2. The Balaban J connectivity index is 1.36. The molecular formula is C26H36N4O2. The minimum Gasteiger partial charge on any atom is -0.319 e. The molecule has 5 rings (SSSR count). The van der Waals surface area contributed by atoms with Crippen LogP contribution in [0.25, 0.3) is 0 Å². The molecule has 1 saturated heterocycles. The van der Waals surface area contributed by atoms with E-state index in [0.717, 1.165) is 19.3 Å². The fraction of sp³-hybridized carbons (Fsp3) is 0.692. The van der Waals surface area contributed by atoms with E-state index in [4.69, 9.17) is 0 Å². The summed E-state index contributed by atoms with van der Waals surface area (Å²) in [5.41, 5.74) is 3.06. The van der Waals surface area contributed by atoms with Gasteiger partial charge in [-0.25, -0.2) is 9.97 Å². The van der Waals surface area contributed by atoms with E-state index in [0.29, 0.717) is 42.3 Å². The Morgan fingerprint density at radius 1 is 1.22 bits per heavy atom. The number of allylic oxidation sites excluding steroid dienone is 2. The van der Waals surface area contributed by atoms with Crippen molar-refractivity contribution in [3.05, 3.63) is 29.9 Å². The van der Waals surface area contributed by atoms with Gasteiger partial charge >= 0.3 is 0 Å². The predicted molar refractivity (Wildman–Crippen MR) is 123 cm³/mol. The molecule has 2 heterocycles. The number of hydrogen-bond acceptors (Lipinski definition) is 4. The quantitative estimate of drug-likeness (QED) is 0.738. The summed E-state index contributed by atoms with van der Waals surface area (Å²) in [6.45, 7) is 7.14. The van der Waals surface area contributed by atoms with Crippen LogP contribution in [0.15, 0.2) is 29.9 Å². The van der Waals surface area contributed by atoms with E-state index in [1.807, 2.05) is 11.9 Å². The lowest BCUT2D eigenvalue weighted by Crippen LogP contribution is -2.54. The fourth-order valence-corrected chi connectivity index (χ4v) is 8.34. The van der Waals surface area contributed by atoms with Gasteiger partial charge in [0.1, 0.15) is 12.1 Å². The molecular weight excluding hydrogens is 400 g/mol. The van der Waals surface area contributed by atoms with Crippen molar-refractivity contribution in [2.75, 3.05) is 12.4 Å². The molecule has 6 atom stereocenters. The van der Waals surface area contributed by atoms with E-state index in [9.17, 15) is 9.59 Å². The summed E-state index contributed by atoms with van der Waals surface area (Å²) in [4.78, 5) is 35.3. The lowest BCUT2D eigenvalue weighted by atomic mass is 9.48. The highest BCUT2D eigenvalue weighted by molar-refractivity contribution is 5.89. The molecule has 6 heteroatoms. The highest BCUT2D eigenvalue weighted by Crippen LogP contribution is 2.67. The van der Waals surface area contributed by atoms with Gasteiger partial charge in [-0.3, -0.25) is 9.59 Å². The lowest BCUT2D eigenvalue weighted by molar-refractivity contribution is -0.136. The van der Waals surface area contributed by atoms with Crippen LogP contribution in [-0.4, -0.2) is 33.7 Å². The Morgan fingerprint density at radius 2 is 2.03 bits per heavy atom. The van der Waals surface area contributed by atoms with Crippen molar-refractivity contribution in [3.63, 3.8) is 0 Å². The second kappa shape index (κ2) is 7.67. The van der Waals surface area contributed by atoms with E-state index in [2.05, 4.69) is 36.1 Å². The summed E-state index contributed by atoms with van der Waals surface area (Å²) in [5, 5.41) is 2.96. The van der Waals surface area contributed by atoms with Gasteiger partial charge < -0.3 is 10.2 Å². The molecule has 0 aromatic carbocycles. The predicted octanol–water partition coefficient (Wildman–Crippen LogP) is 4.80. The third-order valence-corrected chi connectivity index (χ3v) is 9.79. The van der Waals surface area contributed by atoms with Crippen molar-refractivity contribution in [1.29, 1.82) is 0 Å². The summed E-state index contributed by atoms with van der Waals surface area (Å²) < 4.78 is 0. The standard InChI is InChI=1S/C26H36N4O2/c1-16-13-18-19-6-5-17(14-22(31)29-21-9-12-27-15-28-21)25(19,2)10-7-20(18)26(3)11-8-23(32)30(4)24(16)26/h9,12,15,17-20H,5-8,10-11,13-14H2,1-4H3,(H,27,28,29,31)/t17-,18?,19+,20?,25-,26-/m1/s1. The number of hydrogen-bond donors (Lipinski definition) is 1. The SMILES string of the molecule is CC1=C2N(C)C(=O)CC[C@]2(C)C2CC[C@]3(C)[C@@H](CC(=O)Nc4ccncn4)CC[C@H]3C2C1. The molecule has 32 heavy (non-hydrogen) atoms. The molecule has 3 fully saturated rings. The van der Waals surface area contributed by atoms with Gasteiger partial charge in [0.05, 0.1) is 0 Å². The van der Waals surface area contributed by atoms with E-state index >= 15 is 0 Å². The lowest BCUT2D eigenvalue weighted by Gasteiger charge is -2.59. The number of rotatable bonds is 3. The molecule has 4 aliphatic rings. The Labute approximate surface area is 191 Å². The third-order valence-electron chi connectivity index (χ3n) is 9.79. The third kappa shape index (κ3) is 3.20. The number of piperidine rings is 1. The van der Waals surface area contributed by atoms with Gasteiger partial charge in [-0.1, -0.05) is 19.4 Å². The molecule has 1 aliphatic heterocycles. The van der Waals surface area contributed by atoms with Gasteiger partial charge in [0.2, 0.25) is 11.8 Å². The smallest absolute Gasteiger partial charge is 0.226 e. The minimum atomic E-state index is 0.0686. The fourth-order valence-electron chi connectivity index (χ4n) is 8.34. The molecule has 2 unspecified atom stereocenters. The number of nitrogens with one attached hydrogen (secondary N) is 1. The van der Waals surface area contributed by atoms with Crippen molar-refractivity contribution in [2.45, 2.75) is 72.1 Å². The van der Waals surface area contributed by atoms with Gasteiger partial charge in [-0.05, 0) is 80.6 Å². The number of anilines is 1. The molecule has 0 spiro atoms. The maximum Gasteiger partial charge on any atom is 0.226 e. The van der Waals surface area contributed by atoms with Gasteiger partial charge in [0, 0.05) is 37.2 Å². The zero-order chi connectivity index (χ0) is 22.7. The highest BCUT2D eigenvalue weighted by atomic mass is 16.2. The number of carbonyl (C=O) groups excluding carboxylic acids is 2. The van der Waals surface area contributed by atoms with Crippen molar-refractivity contribution < 1.29 is 9.59 Å². The highest BCUT2D eigenvalue weighted by Gasteiger charge is 2.60. The summed E-state index contributed by atoms with van der Waals surface area (Å²) in [6, 6.07) is 1.74. The Hall–Kier alpha value is -2.24. The number of aromatic nitrogens is 2. The molecule has 2 saturated carbocycles. The van der Waals surface area contributed by atoms with Crippen LogP contribution in [0.3, 0.4) is 0 Å². The van der Waals surface area contributed by atoms with Crippen molar-refractivity contribution in [2.24, 2.45) is 34.5 Å². The summed E-state index contributed by atoms with van der Waals surface area (Å²) >= 11 is 0. The Bertz CT molecular complexity index is 960. The first-order valence-electron chi connectivity index (χ1n) is 12.3. The molecule has 1 aromatic rings. The number of likely N-dealkylation sites (tertiary alicyclic amines) is 1. The zero-order valence-electron chi connectivity index (χ0n) is 19.9. The molecule has 1 N–H and O–H groups in total. The van der Waals surface area contributed by atoms with Crippen LogP contribution in [0.4, 0.5) is 5.82 Å². The summed E-state index contributed by atoms with van der Waals surface area (Å²) in [6.07, 6.45) is 11.2. The normalized spacial score (nSPS) is 38.8. The average Bonchev–Trinajstić information content (AvgIpc) is 3.08. The molecule has 1 aromatic heterocycles. The van der Waals surface area contributed by atoms with Crippen LogP contribution in [-0.2, 0) is 9.59 Å². The first-order valence-corrected chi connectivity index (χ1v) is 12.3. The van der Waals surface area contributed by atoms with Crippen molar-refractivity contribution >= 4 is 17.6 Å². The van der Waals surface area contributed by atoms with Crippen LogP contribution in [0, 0.1) is 34.5 Å². The first kappa shape index (κ1) is 21.6. The maximum atomic E-state index is 12.8. The van der Waals surface area contributed by atoms with E-state index in [1.54, 1.807) is 12.3 Å². The van der Waals surface area contributed by atoms with Gasteiger partial charge in [0.25, 0.3) is 0 Å². The molecule has 6 nitrogen and oxygen atoms in total. The largest absolute Gasteiger partial charge is 0.319 e. The number of fused-ring (bicyclic) bond motifs is 5. The van der Waals surface area contributed by atoms with Crippen LogP contribution in [0.1, 0.15) is 72.1 Å². The number of carbonyl (C=O) groups is 2. The van der Waals surface area contributed by atoms with Gasteiger partial charge in [0.15, 0.2) is 0 Å². The minimum absolute atomic E-state index is 0.0686. The molecule has 172 valence electrons. The number of nitrogens with zero attached hydrogens (tertiary/aromatic N) is 3. The maximum absolute atomic E-state index is 12.8. The monoisotopic (exact) mass is 436 g/mol. The molecule has 2 amide bonds. The molecule has 3 aliphatic carbocycles. The van der Waals surface area contributed by atoms with Crippen LogP contribution in [0.2, 0.25) is 0 Å². The molecule has 0 radical (unpaired) electrons. The summed E-state index contributed by atoms with van der Waals surface area (Å²) in [7, 11) is 1.98. The Morgan fingerprint density at radius 3 is 2.78 bits per heavy atom. The van der Waals surface area contributed by atoms with Gasteiger partial charge in [-0.2, -0.15) is 0 Å². The Kier molecular flexibility index (Phi) is 5.18. The van der Waals surface area contributed by atoms with E-state index < -0.39 is 0 Å². The van der Waals surface area contributed by atoms with Crippen LogP contribution < -0.4 is 5.32 Å². The van der Waals surface area contributed by atoms with Crippen molar-refractivity contribution in [3.8, 4) is 0 Å². The van der Waals surface area contributed by atoms with Crippen LogP contribution >= 0.6 is 0 Å². The van der Waals surface area contributed by atoms with Crippen molar-refractivity contribution in [1.82, 2.24) is 14.9 Å². The van der Waals surface area contributed by atoms with Crippen LogP contribution in [0.5, 0.6) is 0 Å². The molecule has 0 bridgehead atoms.